The van der Waals surface area contributed by atoms with E-state index in [4.69, 9.17) is 18.9 Å². The van der Waals surface area contributed by atoms with Crippen LogP contribution < -0.4 is 5.32 Å². The molecule has 0 radical (unpaired) electrons. The average Bonchev–Trinajstić information content (AvgIpc) is 2.81. The Bertz CT molecular complexity index is 371. The standard InChI is InChI=1S/C15H27NO4S/c1-13-14(10-15(21-13)11-16-2)12-20-9-8-19-7-6-18-5-4-17-3/h10,16H,4-9,11-12H2,1-3H3. The van der Waals surface area contributed by atoms with Crippen molar-refractivity contribution in [1.82, 2.24) is 5.32 Å². The zero-order valence-electron chi connectivity index (χ0n) is 13.3. The van der Waals surface area contributed by atoms with Crippen LogP contribution in [0.1, 0.15) is 15.3 Å². The van der Waals surface area contributed by atoms with Crippen LogP contribution in [0.25, 0.3) is 0 Å². The van der Waals surface area contributed by atoms with Gasteiger partial charge in [0, 0.05) is 23.4 Å². The summed E-state index contributed by atoms with van der Waals surface area (Å²) in [4.78, 5) is 2.67. The average molecular weight is 317 g/mol. The molecule has 0 spiro atoms. The Morgan fingerprint density at radius 1 is 1.00 bits per heavy atom. The van der Waals surface area contributed by atoms with Gasteiger partial charge >= 0.3 is 0 Å². The second kappa shape index (κ2) is 12.1. The molecule has 0 aliphatic rings. The van der Waals surface area contributed by atoms with Gasteiger partial charge in [0.2, 0.25) is 0 Å². The number of aryl methyl sites for hydroxylation is 1. The Balaban J connectivity index is 1.99. The summed E-state index contributed by atoms with van der Waals surface area (Å²) in [5.41, 5.74) is 1.27. The summed E-state index contributed by atoms with van der Waals surface area (Å²) < 4.78 is 21.2. The summed E-state index contributed by atoms with van der Waals surface area (Å²) in [5, 5.41) is 3.16. The second-order valence-electron chi connectivity index (χ2n) is 4.59. The van der Waals surface area contributed by atoms with Crippen molar-refractivity contribution in [3.63, 3.8) is 0 Å². The van der Waals surface area contributed by atoms with Gasteiger partial charge in [-0.2, -0.15) is 0 Å². The van der Waals surface area contributed by atoms with E-state index in [1.165, 1.54) is 15.3 Å². The minimum Gasteiger partial charge on any atom is -0.382 e. The van der Waals surface area contributed by atoms with Crippen molar-refractivity contribution in [2.24, 2.45) is 0 Å². The molecule has 0 saturated carbocycles. The van der Waals surface area contributed by atoms with Crippen LogP contribution in [0.5, 0.6) is 0 Å². The Labute approximate surface area is 131 Å². The van der Waals surface area contributed by atoms with Crippen LogP contribution in [0.2, 0.25) is 0 Å². The highest BCUT2D eigenvalue weighted by Gasteiger charge is 2.04. The van der Waals surface area contributed by atoms with Crippen molar-refractivity contribution in [2.45, 2.75) is 20.1 Å². The highest BCUT2D eigenvalue weighted by atomic mass is 32.1. The SMILES string of the molecule is CNCc1cc(COCCOCCOCCOC)c(C)s1. The summed E-state index contributed by atoms with van der Waals surface area (Å²) in [6.07, 6.45) is 0. The Hall–Kier alpha value is -0.500. The van der Waals surface area contributed by atoms with E-state index < -0.39 is 0 Å². The fourth-order valence-electron chi connectivity index (χ4n) is 1.76. The van der Waals surface area contributed by atoms with E-state index in [0.717, 1.165) is 6.54 Å². The van der Waals surface area contributed by atoms with Crippen LogP contribution in [0.4, 0.5) is 0 Å². The molecule has 0 aromatic carbocycles. The van der Waals surface area contributed by atoms with Gasteiger partial charge in [0.15, 0.2) is 0 Å². The monoisotopic (exact) mass is 317 g/mol. The molecule has 0 amide bonds. The van der Waals surface area contributed by atoms with Crippen LogP contribution >= 0.6 is 11.3 Å². The third-order valence-electron chi connectivity index (χ3n) is 2.86. The molecule has 6 heteroatoms. The lowest BCUT2D eigenvalue weighted by Crippen LogP contribution is -2.11. The molecule has 21 heavy (non-hydrogen) atoms. The number of thiophene rings is 1. The summed E-state index contributed by atoms with van der Waals surface area (Å²) in [6, 6.07) is 2.21. The van der Waals surface area contributed by atoms with Gasteiger partial charge in [0.25, 0.3) is 0 Å². The molecule has 0 unspecified atom stereocenters. The van der Waals surface area contributed by atoms with Gasteiger partial charge in [-0.25, -0.2) is 0 Å². The van der Waals surface area contributed by atoms with Gasteiger partial charge in [0.1, 0.15) is 0 Å². The maximum absolute atomic E-state index is 5.64. The Morgan fingerprint density at radius 3 is 2.24 bits per heavy atom. The molecule has 1 aromatic rings. The van der Waals surface area contributed by atoms with Crippen molar-refractivity contribution >= 4 is 11.3 Å². The summed E-state index contributed by atoms with van der Waals surface area (Å²) in [5.74, 6) is 0. The summed E-state index contributed by atoms with van der Waals surface area (Å²) in [7, 11) is 3.62. The minimum absolute atomic E-state index is 0.594. The van der Waals surface area contributed by atoms with Crippen molar-refractivity contribution in [1.29, 1.82) is 0 Å². The molecule has 0 bridgehead atoms. The number of hydrogen-bond acceptors (Lipinski definition) is 6. The number of nitrogens with one attached hydrogen (secondary N) is 1. The van der Waals surface area contributed by atoms with E-state index in [0.29, 0.717) is 46.2 Å². The first kappa shape index (κ1) is 18.5. The Morgan fingerprint density at radius 2 is 1.62 bits per heavy atom. The summed E-state index contributed by atoms with van der Waals surface area (Å²) >= 11 is 1.82. The van der Waals surface area contributed by atoms with Crippen LogP contribution in [0.3, 0.4) is 0 Å². The molecule has 1 heterocycles. The largest absolute Gasteiger partial charge is 0.382 e. The van der Waals surface area contributed by atoms with Crippen LogP contribution in [0.15, 0.2) is 6.07 Å². The number of hydrogen-bond donors (Lipinski definition) is 1. The lowest BCUT2D eigenvalue weighted by atomic mass is 10.2. The molecular formula is C15H27NO4S. The minimum atomic E-state index is 0.594. The van der Waals surface area contributed by atoms with Crippen LogP contribution in [-0.4, -0.2) is 53.8 Å². The number of ether oxygens (including phenoxy) is 4. The van der Waals surface area contributed by atoms with Gasteiger partial charge in [0.05, 0.1) is 46.2 Å². The van der Waals surface area contributed by atoms with Gasteiger partial charge < -0.3 is 24.3 Å². The van der Waals surface area contributed by atoms with E-state index in [1.54, 1.807) is 7.11 Å². The zero-order chi connectivity index (χ0) is 15.3. The molecule has 1 rings (SSSR count). The molecule has 0 saturated heterocycles. The predicted octanol–water partition coefficient (Wildman–Crippen LogP) is 1.97. The molecular weight excluding hydrogens is 290 g/mol. The molecule has 0 atom stereocenters. The maximum Gasteiger partial charge on any atom is 0.0728 e. The van der Waals surface area contributed by atoms with Crippen molar-refractivity contribution in [3.05, 3.63) is 21.4 Å². The smallest absolute Gasteiger partial charge is 0.0728 e. The first-order chi connectivity index (χ1) is 10.3. The zero-order valence-corrected chi connectivity index (χ0v) is 14.1. The molecule has 1 aromatic heterocycles. The lowest BCUT2D eigenvalue weighted by Gasteiger charge is -2.06. The van der Waals surface area contributed by atoms with E-state index in [2.05, 4.69) is 18.3 Å². The molecule has 1 N–H and O–H groups in total. The fourth-order valence-corrected chi connectivity index (χ4v) is 2.82. The third kappa shape index (κ3) is 8.50. The summed E-state index contributed by atoms with van der Waals surface area (Å²) in [6.45, 7) is 7.33. The normalized spacial score (nSPS) is 11.2. The van der Waals surface area contributed by atoms with Gasteiger partial charge in [-0.15, -0.1) is 11.3 Å². The molecule has 0 aliphatic carbocycles. The van der Waals surface area contributed by atoms with Gasteiger partial charge in [-0.3, -0.25) is 0 Å². The first-order valence-electron chi connectivity index (χ1n) is 7.23. The second-order valence-corrected chi connectivity index (χ2v) is 5.94. The quantitative estimate of drug-likeness (QED) is 0.564. The predicted molar refractivity (Wildman–Crippen MR) is 85.0 cm³/mol. The molecule has 0 aliphatic heterocycles. The first-order valence-corrected chi connectivity index (χ1v) is 8.04. The maximum atomic E-state index is 5.64. The Kier molecular flexibility index (Phi) is 10.7. The van der Waals surface area contributed by atoms with Crippen LogP contribution in [-0.2, 0) is 32.1 Å². The highest BCUT2D eigenvalue weighted by Crippen LogP contribution is 2.22. The van der Waals surface area contributed by atoms with E-state index in [1.807, 2.05) is 18.4 Å². The topological polar surface area (TPSA) is 49.0 Å². The number of rotatable bonds is 13. The van der Waals surface area contributed by atoms with E-state index >= 15 is 0 Å². The van der Waals surface area contributed by atoms with E-state index in [-0.39, 0.29) is 0 Å². The van der Waals surface area contributed by atoms with Crippen molar-refractivity contribution < 1.29 is 18.9 Å². The van der Waals surface area contributed by atoms with Crippen molar-refractivity contribution in [2.75, 3.05) is 53.8 Å². The van der Waals surface area contributed by atoms with Gasteiger partial charge in [-0.1, -0.05) is 0 Å². The molecule has 0 fully saturated rings. The fraction of sp³-hybridized carbons (Fsp3) is 0.733. The van der Waals surface area contributed by atoms with E-state index in [9.17, 15) is 0 Å². The third-order valence-corrected chi connectivity index (χ3v) is 3.95. The molecule has 5 nitrogen and oxygen atoms in total. The highest BCUT2D eigenvalue weighted by molar-refractivity contribution is 7.12. The number of methoxy groups -OCH3 is 1. The van der Waals surface area contributed by atoms with Crippen LogP contribution in [0, 0.1) is 6.92 Å². The molecule has 122 valence electrons. The van der Waals surface area contributed by atoms with Crippen molar-refractivity contribution in [3.8, 4) is 0 Å². The van der Waals surface area contributed by atoms with Gasteiger partial charge in [-0.05, 0) is 25.6 Å². The lowest BCUT2D eigenvalue weighted by molar-refractivity contribution is 0.000853.